The molecular formula is C18H24N2O3. The third-order valence-electron chi connectivity index (χ3n) is 6.45. The second kappa shape index (κ2) is 4.69. The van der Waals surface area contributed by atoms with Gasteiger partial charge in [0.05, 0.1) is 5.60 Å². The van der Waals surface area contributed by atoms with Crippen LogP contribution < -0.4 is 5.73 Å². The van der Waals surface area contributed by atoms with E-state index < -0.39 is 17.6 Å². The number of primary amides is 1. The SMILES string of the molecule is C=C(C(=O)N1C=CCC1C(N)=O)C12CC3CC(CC(O)(C3)C1)C2. The van der Waals surface area contributed by atoms with Crippen molar-refractivity contribution in [1.29, 1.82) is 0 Å². The minimum atomic E-state index is -0.628. The fourth-order valence-electron chi connectivity index (χ4n) is 5.93. The Kier molecular flexibility index (Phi) is 3.05. The predicted molar refractivity (Wildman–Crippen MR) is 84.8 cm³/mol. The van der Waals surface area contributed by atoms with Gasteiger partial charge < -0.3 is 15.7 Å². The van der Waals surface area contributed by atoms with Crippen molar-refractivity contribution in [2.24, 2.45) is 23.0 Å². The van der Waals surface area contributed by atoms with Gasteiger partial charge in [-0.1, -0.05) is 12.7 Å². The second-order valence-corrected chi connectivity index (χ2v) is 8.20. The summed E-state index contributed by atoms with van der Waals surface area (Å²) in [6, 6.07) is -0.601. The van der Waals surface area contributed by atoms with E-state index in [1.807, 2.05) is 0 Å². The maximum absolute atomic E-state index is 13.0. The molecule has 23 heavy (non-hydrogen) atoms. The number of carbonyl (C=O) groups excluding carboxylic acids is 2. The van der Waals surface area contributed by atoms with Crippen molar-refractivity contribution >= 4 is 11.8 Å². The average Bonchev–Trinajstić information content (AvgIpc) is 2.92. The first kappa shape index (κ1) is 14.9. The number of carbonyl (C=O) groups is 2. The lowest BCUT2D eigenvalue weighted by molar-refractivity contribution is -0.157. The molecule has 0 aromatic carbocycles. The third-order valence-corrected chi connectivity index (χ3v) is 6.45. The Hall–Kier alpha value is -1.62. The highest BCUT2D eigenvalue weighted by atomic mass is 16.3. The van der Waals surface area contributed by atoms with Crippen molar-refractivity contribution in [1.82, 2.24) is 4.90 Å². The summed E-state index contributed by atoms with van der Waals surface area (Å²) in [6.07, 6.45) is 9.32. The fourth-order valence-corrected chi connectivity index (χ4v) is 5.93. The van der Waals surface area contributed by atoms with Gasteiger partial charge in [0.15, 0.2) is 0 Å². The van der Waals surface area contributed by atoms with Gasteiger partial charge in [0, 0.05) is 17.2 Å². The summed E-state index contributed by atoms with van der Waals surface area (Å²) in [6.45, 7) is 4.13. The molecule has 1 heterocycles. The summed E-state index contributed by atoms with van der Waals surface area (Å²) in [5.41, 5.74) is 5.04. The first-order valence-corrected chi connectivity index (χ1v) is 8.52. The Balaban J connectivity index is 1.60. The molecule has 0 aromatic rings. The number of hydrogen-bond donors (Lipinski definition) is 2. The summed E-state index contributed by atoms with van der Waals surface area (Å²) in [5.74, 6) is 0.298. The molecule has 3 unspecified atom stereocenters. The molecule has 1 aliphatic heterocycles. The molecule has 0 spiro atoms. The normalized spacial score (nSPS) is 43.9. The Morgan fingerprint density at radius 2 is 1.87 bits per heavy atom. The van der Waals surface area contributed by atoms with Crippen molar-refractivity contribution < 1.29 is 14.7 Å². The molecule has 5 heteroatoms. The average molecular weight is 316 g/mol. The van der Waals surface area contributed by atoms with Gasteiger partial charge >= 0.3 is 0 Å². The second-order valence-electron chi connectivity index (χ2n) is 8.20. The minimum Gasteiger partial charge on any atom is -0.390 e. The smallest absolute Gasteiger partial charge is 0.254 e. The van der Waals surface area contributed by atoms with Crippen LogP contribution in [0.3, 0.4) is 0 Å². The molecule has 5 rings (SSSR count). The first-order chi connectivity index (χ1) is 10.8. The molecule has 5 aliphatic rings. The Morgan fingerprint density at radius 1 is 1.22 bits per heavy atom. The first-order valence-electron chi connectivity index (χ1n) is 8.52. The van der Waals surface area contributed by atoms with Gasteiger partial charge in [-0.2, -0.15) is 0 Å². The maximum Gasteiger partial charge on any atom is 0.254 e. The number of hydrogen-bond acceptors (Lipinski definition) is 3. The molecule has 0 saturated heterocycles. The van der Waals surface area contributed by atoms with Crippen LogP contribution in [0.5, 0.6) is 0 Å². The van der Waals surface area contributed by atoms with Crippen LogP contribution in [0.4, 0.5) is 0 Å². The Labute approximate surface area is 136 Å². The maximum atomic E-state index is 13.0. The van der Waals surface area contributed by atoms with E-state index in [1.54, 1.807) is 12.3 Å². The van der Waals surface area contributed by atoms with Crippen molar-refractivity contribution in [3.63, 3.8) is 0 Å². The highest BCUT2D eigenvalue weighted by Crippen LogP contribution is 2.64. The topological polar surface area (TPSA) is 83.6 Å². The molecule has 0 aromatic heterocycles. The highest BCUT2D eigenvalue weighted by Gasteiger charge is 2.59. The lowest BCUT2D eigenvalue weighted by atomic mass is 9.46. The quantitative estimate of drug-likeness (QED) is 0.774. The number of nitrogens with zero attached hydrogens (tertiary/aromatic N) is 1. The molecule has 4 aliphatic carbocycles. The van der Waals surface area contributed by atoms with Crippen molar-refractivity contribution in [2.75, 3.05) is 0 Å². The highest BCUT2D eigenvalue weighted by molar-refractivity contribution is 5.98. The van der Waals surface area contributed by atoms with E-state index in [9.17, 15) is 14.7 Å². The standard InChI is InChI=1S/C18H24N2O3/c1-11(16(22)20-4-2-3-14(20)15(19)21)17-6-12-5-13(7-17)9-18(23,8-12)10-17/h2,4,12-14,23H,1,3,5-10H2,(H2,19,21). The van der Waals surface area contributed by atoms with E-state index in [-0.39, 0.29) is 11.3 Å². The van der Waals surface area contributed by atoms with Crippen LogP contribution in [-0.4, -0.2) is 33.5 Å². The molecule has 4 bridgehead atoms. The van der Waals surface area contributed by atoms with Crippen LogP contribution in [0.1, 0.15) is 44.9 Å². The van der Waals surface area contributed by atoms with Crippen LogP contribution in [0.25, 0.3) is 0 Å². The monoisotopic (exact) mass is 316 g/mol. The van der Waals surface area contributed by atoms with E-state index in [2.05, 4.69) is 6.58 Å². The van der Waals surface area contributed by atoms with Crippen LogP contribution in [-0.2, 0) is 9.59 Å². The summed E-state index contributed by atoms with van der Waals surface area (Å²) in [5, 5.41) is 10.8. The molecule has 3 atom stereocenters. The molecule has 4 fully saturated rings. The zero-order valence-corrected chi connectivity index (χ0v) is 13.3. The summed E-state index contributed by atoms with van der Waals surface area (Å²) in [7, 11) is 0. The van der Waals surface area contributed by atoms with E-state index in [0.717, 1.165) is 25.7 Å². The number of amides is 2. The van der Waals surface area contributed by atoms with Crippen molar-refractivity contribution in [2.45, 2.75) is 56.6 Å². The molecule has 2 amide bonds. The van der Waals surface area contributed by atoms with E-state index in [4.69, 9.17) is 5.73 Å². The van der Waals surface area contributed by atoms with Gasteiger partial charge in [0.2, 0.25) is 5.91 Å². The molecular weight excluding hydrogens is 292 g/mol. The number of rotatable bonds is 3. The molecule has 3 N–H and O–H groups in total. The van der Waals surface area contributed by atoms with Gasteiger partial charge in [-0.15, -0.1) is 0 Å². The lowest BCUT2D eigenvalue weighted by Gasteiger charge is -2.60. The molecule has 5 nitrogen and oxygen atoms in total. The van der Waals surface area contributed by atoms with E-state index in [1.165, 1.54) is 11.3 Å². The zero-order chi connectivity index (χ0) is 16.4. The lowest BCUT2D eigenvalue weighted by Crippen LogP contribution is -2.57. The van der Waals surface area contributed by atoms with E-state index in [0.29, 0.717) is 30.3 Å². The summed E-state index contributed by atoms with van der Waals surface area (Å²) in [4.78, 5) is 26.0. The van der Waals surface area contributed by atoms with Crippen LogP contribution >= 0.6 is 0 Å². The molecule has 4 saturated carbocycles. The Morgan fingerprint density at radius 3 is 2.43 bits per heavy atom. The van der Waals surface area contributed by atoms with Gasteiger partial charge in [-0.05, 0) is 56.8 Å². The Bertz CT molecular complexity index is 610. The summed E-state index contributed by atoms with van der Waals surface area (Å²) < 4.78 is 0. The summed E-state index contributed by atoms with van der Waals surface area (Å²) >= 11 is 0. The predicted octanol–water partition coefficient (Wildman–Crippen LogP) is 1.47. The van der Waals surface area contributed by atoms with Gasteiger partial charge in [-0.3, -0.25) is 9.59 Å². The third kappa shape index (κ3) is 2.17. The van der Waals surface area contributed by atoms with Gasteiger partial charge in [0.25, 0.3) is 5.91 Å². The molecule has 124 valence electrons. The van der Waals surface area contributed by atoms with Crippen molar-refractivity contribution in [3.05, 3.63) is 24.4 Å². The number of nitrogens with two attached hydrogens (primary N) is 1. The zero-order valence-electron chi connectivity index (χ0n) is 13.3. The van der Waals surface area contributed by atoms with Crippen molar-refractivity contribution in [3.8, 4) is 0 Å². The fraction of sp³-hybridized carbons (Fsp3) is 0.667. The minimum absolute atomic E-state index is 0.201. The van der Waals surface area contributed by atoms with Crippen LogP contribution in [0.2, 0.25) is 0 Å². The van der Waals surface area contributed by atoms with Gasteiger partial charge in [0.1, 0.15) is 6.04 Å². The number of aliphatic hydroxyl groups is 1. The van der Waals surface area contributed by atoms with Crippen LogP contribution in [0, 0.1) is 17.3 Å². The molecule has 0 radical (unpaired) electrons. The van der Waals surface area contributed by atoms with Crippen LogP contribution in [0.15, 0.2) is 24.4 Å². The largest absolute Gasteiger partial charge is 0.390 e. The van der Waals surface area contributed by atoms with E-state index >= 15 is 0 Å². The van der Waals surface area contributed by atoms with Gasteiger partial charge in [-0.25, -0.2) is 0 Å².